The summed E-state index contributed by atoms with van der Waals surface area (Å²) >= 11 is 0. The van der Waals surface area contributed by atoms with Gasteiger partial charge in [0.15, 0.2) is 0 Å². The first kappa shape index (κ1) is 22.7. The fourth-order valence-corrected chi connectivity index (χ4v) is 4.86. The number of halogens is 5. The molecule has 2 N–H and O–H groups in total. The molecule has 4 heterocycles. The summed E-state index contributed by atoms with van der Waals surface area (Å²) in [6.45, 7) is 0.982. The molecule has 182 valence electrons. The minimum Gasteiger partial charge on any atom is -0.383 e. The van der Waals surface area contributed by atoms with E-state index in [0.29, 0.717) is 42.1 Å². The van der Waals surface area contributed by atoms with Crippen LogP contribution in [-0.2, 0) is 22.7 Å². The normalized spacial score (nSPS) is 20.6. The molecule has 1 fully saturated rings. The van der Waals surface area contributed by atoms with E-state index in [-0.39, 0.29) is 31.0 Å². The van der Waals surface area contributed by atoms with Crippen molar-refractivity contribution in [3.63, 3.8) is 0 Å². The first-order chi connectivity index (χ1) is 15.8. The maximum absolute atomic E-state index is 13.4. The van der Waals surface area contributed by atoms with E-state index < -0.39 is 27.1 Å². The Labute approximate surface area is 190 Å². The molecule has 0 bridgehead atoms. The molecule has 3 aromatic rings. The van der Waals surface area contributed by atoms with E-state index in [1.54, 1.807) is 6.07 Å². The van der Waals surface area contributed by atoms with Crippen LogP contribution in [0.2, 0.25) is 0 Å². The maximum Gasteiger partial charge on any atom is 0.310 e. The third-order valence-corrected chi connectivity index (χ3v) is 7.10. The van der Waals surface area contributed by atoms with Crippen LogP contribution in [0.5, 0.6) is 0 Å². The standard InChI is InChI=1S/C21H19F5N4O3S/c22-34(23,24,25,26)13-3-1-12(2-4-13)19-11-32-6-5-30(19)21(31)17-7-14-15-9-33-10-16(15)20(27)29-18(14)8-28-17/h1-4,7-8,19H,5-6,9-11H2,(H2,27,29)/t19-/m0/s1. The van der Waals surface area contributed by atoms with E-state index in [9.17, 15) is 24.2 Å². The Balaban J connectivity index is 1.48. The number of fused-ring (bicyclic) bond motifs is 3. The van der Waals surface area contributed by atoms with Gasteiger partial charge in [-0.2, -0.15) is 0 Å². The number of anilines is 1. The lowest BCUT2D eigenvalue weighted by Gasteiger charge is -2.41. The lowest BCUT2D eigenvalue weighted by atomic mass is 10.0. The SMILES string of the molecule is Nc1nc2cnc(C(=O)N3CCOC[C@H]3c3ccc(S(F)(F)(F)(F)F)cc3)cc2c2c1COC2. The molecule has 2 aliphatic heterocycles. The molecule has 1 saturated heterocycles. The number of benzene rings is 1. The molecule has 0 aliphatic carbocycles. The van der Waals surface area contributed by atoms with Crippen LogP contribution in [0.15, 0.2) is 41.4 Å². The van der Waals surface area contributed by atoms with Crippen molar-refractivity contribution in [2.45, 2.75) is 24.2 Å². The number of morpholine rings is 1. The molecule has 7 nitrogen and oxygen atoms in total. The van der Waals surface area contributed by atoms with Crippen LogP contribution >= 0.6 is 10.2 Å². The van der Waals surface area contributed by atoms with E-state index in [0.717, 1.165) is 23.3 Å². The van der Waals surface area contributed by atoms with Crippen molar-refractivity contribution in [1.82, 2.24) is 14.9 Å². The van der Waals surface area contributed by atoms with E-state index in [2.05, 4.69) is 9.97 Å². The number of carbonyl (C=O) groups excluding carboxylic acids is 1. The first-order valence-electron chi connectivity index (χ1n) is 10.2. The average molecular weight is 502 g/mol. The molecular weight excluding hydrogens is 483 g/mol. The Kier molecular flexibility index (Phi) is 4.68. The zero-order valence-electron chi connectivity index (χ0n) is 17.5. The molecule has 0 saturated carbocycles. The van der Waals surface area contributed by atoms with Gasteiger partial charge in [-0.25, -0.2) is 9.97 Å². The smallest absolute Gasteiger partial charge is 0.310 e. The summed E-state index contributed by atoms with van der Waals surface area (Å²) in [6, 6.07) is 3.37. The van der Waals surface area contributed by atoms with Gasteiger partial charge in [-0.3, -0.25) is 4.79 Å². The summed E-state index contributed by atoms with van der Waals surface area (Å²) in [5, 5.41) is 0.671. The van der Waals surface area contributed by atoms with Gasteiger partial charge < -0.3 is 20.1 Å². The summed E-state index contributed by atoms with van der Waals surface area (Å²) in [5.41, 5.74) is 8.39. The van der Waals surface area contributed by atoms with Crippen molar-refractivity contribution in [3.8, 4) is 0 Å². The summed E-state index contributed by atoms with van der Waals surface area (Å²) in [7, 11) is -9.80. The molecule has 2 aromatic heterocycles. The topological polar surface area (TPSA) is 90.6 Å². The molecule has 0 spiro atoms. The number of hydrogen-bond donors (Lipinski definition) is 1. The fourth-order valence-electron chi connectivity index (χ4n) is 4.21. The predicted molar refractivity (Wildman–Crippen MR) is 115 cm³/mol. The van der Waals surface area contributed by atoms with Gasteiger partial charge in [0, 0.05) is 17.5 Å². The van der Waals surface area contributed by atoms with Crippen molar-refractivity contribution < 1.29 is 33.7 Å². The van der Waals surface area contributed by atoms with E-state index in [1.165, 1.54) is 11.1 Å². The fraction of sp³-hybridized carbons (Fsp3) is 0.286. The second kappa shape index (κ2) is 6.99. The summed E-state index contributed by atoms with van der Waals surface area (Å²) < 4.78 is 76.3. The zero-order chi connectivity index (χ0) is 24.4. The van der Waals surface area contributed by atoms with Crippen LogP contribution in [0.3, 0.4) is 0 Å². The molecule has 1 atom stereocenters. The highest BCUT2D eigenvalue weighted by atomic mass is 32.5. The molecule has 5 rings (SSSR count). The van der Waals surface area contributed by atoms with Gasteiger partial charge >= 0.3 is 10.2 Å². The Hall–Kier alpha value is -3.03. The highest BCUT2D eigenvalue weighted by molar-refractivity contribution is 8.45. The first-order valence-corrected chi connectivity index (χ1v) is 12.1. The molecular formula is C21H19F5N4O3S. The number of hydrogen-bond acceptors (Lipinski definition) is 6. The van der Waals surface area contributed by atoms with Crippen molar-refractivity contribution in [2.24, 2.45) is 0 Å². The van der Waals surface area contributed by atoms with Crippen molar-refractivity contribution in [3.05, 3.63) is 58.9 Å². The zero-order valence-corrected chi connectivity index (χ0v) is 18.3. The van der Waals surface area contributed by atoms with Gasteiger partial charge in [0.25, 0.3) is 5.91 Å². The molecule has 1 aromatic carbocycles. The van der Waals surface area contributed by atoms with Gasteiger partial charge in [-0.15, -0.1) is 0 Å². The van der Waals surface area contributed by atoms with Crippen LogP contribution in [0.1, 0.15) is 33.2 Å². The minimum atomic E-state index is -9.80. The van der Waals surface area contributed by atoms with Gasteiger partial charge in [0.05, 0.1) is 44.2 Å². The second-order valence-corrected chi connectivity index (χ2v) is 10.6. The van der Waals surface area contributed by atoms with Gasteiger partial charge in [0.1, 0.15) is 16.4 Å². The summed E-state index contributed by atoms with van der Waals surface area (Å²) in [4.78, 5) is 21.3. The lowest BCUT2D eigenvalue weighted by Crippen LogP contribution is -2.43. The quantitative estimate of drug-likeness (QED) is 0.501. The predicted octanol–water partition coefficient (Wildman–Crippen LogP) is 5.11. The monoisotopic (exact) mass is 502 g/mol. The van der Waals surface area contributed by atoms with E-state index in [4.69, 9.17) is 15.2 Å². The van der Waals surface area contributed by atoms with Gasteiger partial charge in [0.2, 0.25) is 0 Å². The highest BCUT2D eigenvalue weighted by Gasteiger charge is 2.65. The molecule has 13 heteroatoms. The lowest BCUT2D eigenvalue weighted by molar-refractivity contribution is -0.00301. The largest absolute Gasteiger partial charge is 0.383 e. The Morgan fingerprint density at radius 2 is 1.76 bits per heavy atom. The number of ether oxygens (including phenoxy) is 2. The summed E-state index contributed by atoms with van der Waals surface area (Å²) in [6.07, 6.45) is 1.43. The van der Waals surface area contributed by atoms with Gasteiger partial charge in [-0.1, -0.05) is 31.6 Å². The van der Waals surface area contributed by atoms with Crippen LogP contribution < -0.4 is 5.73 Å². The highest BCUT2D eigenvalue weighted by Crippen LogP contribution is 3.02. The van der Waals surface area contributed by atoms with E-state index in [1.807, 2.05) is 0 Å². The minimum absolute atomic E-state index is 0.00357. The van der Waals surface area contributed by atoms with Gasteiger partial charge in [-0.05, 0) is 29.3 Å². The average Bonchev–Trinajstić information content (AvgIpc) is 3.28. The number of nitrogens with zero attached hydrogens (tertiary/aromatic N) is 3. The second-order valence-electron chi connectivity index (χ2n) is 8.16. The molecule has 0 unspecified atom stereocenters. The number of carbonyl (C=O) groups is 1. The van der Waals surface area contributed by atoms with Crippen LogP contribution in [0.4, 0.5) is 25.2 Å². The number of nitrogen functional groups attached to an aromatic ring is 1. The maximum atomic E-state index is 13.4. The molecule has 34 heavy (non-hydrogen) atoms. The van der Waals surface area contributed by atoms with Crippen LogP contribution in [0.25, 0.3) is 10.9 Å². The van der Waals surface area contributed by atoms with Crippen molar-refractivity contribution in [2.75, 3.05) is 25.5 Å². The number of amides is 1. The Morgan fingerprint density at radius 1 is 1.06 bits per heavy atom. The van der Waals surface area contributed by atoms with Crippen LogP contribution in [0, 0.1) is 0 Å². The number of rotatable bonds is 3. The van der Waals surface area contributed by atoms with Crippen molar-refractivity contribution in [1.29, 1.82) is 0 Å². The van der Waals surface area contributed by atoms with Crippen molar-refractivity contribution >= 4 is 32.9 Å². The van der Waals surface area contributed by atoms with Crippen LogP contribution in [-0.4, -0.2) is 40.5 Å². The Morgan fingerprint density at radius 3 is 2.47 bits per heavy atom. The third-order valence-electron chi connectivity index (χ3n) is 5.93. The third kappa shape index (κ3) is 4.03. The Bertz CT molecular complexity index is 1320. The molecule has 2 aliphatic rings. The van der Waals surface area contributed by atoms with E-state index >= 15 is 0 Å². The summed E-state index contributed by atoms with van der Waals surface area (Å²) in [5.74, 6) is -0.138. The molecule has 0 radical (unpaired) electrons. The number of aromatic nitrogens is 2. The molecule has 1 amide bonds. The number of nitrogens with two attached hydrogens (primary N) is 1. The number of pyridine rings is 2.